The molecule has 2 heterocycles. The van der Waals surface area contributed by atoms with Crippen LogP contribution in [0.3, 0.4) is 0 Å². The summed E-state index contributed by atoms with van der Waals surface area (Å²) in [6.07, 6.45) is 3.54. The van der Waals surface area contributed by atoms with Crippen molar-refractivity contribution in [3.05, 3.63) is 48.8 Å². The smallest absolute Gasteiger partial charge is 0.187 e. The molecule has 0 aliphatic heterocycles. The summed E-state index contributed by atoms with van der Waals surface area (Å²) < 4.78 is 0. The molecule has 2 aromatic heterocycles. The molecule has 0 aliphatic carbocycles. The van der Waals surface area contributed by atoms with Gasteiger partial charge in [-0.3, -0.25) is 9.97 Å². The molecule has 0 bridgehead atoms. The van der Waals surface area contributed by atoms with E-state index in [9.17, 15) is 0 Å². The lowest BCUT2D eigenvalue weighted by atomic mass is 10.2. The Bertz CT molecular complexity index is 310. The van der Waals surface area contributed by atoms with Crippen molar-refractivity contribution < 1.29 is 0 Å². The Morgan fingerprint density at radius 3 is 1.46 bits per heavy atom. The van der Waals surface area contributed by atoms with E-state index < -0.39 is 0 Å². The normalized spacial score (nSPS) is 8.92. The number of pyridine rings is 2. The average Bonchev–Trinajstić information content (AvgIpc) is 2.21. The van der Waals surface area contributed by atoms with Crippen LogP contribution in [0.25, 0.3) is 11.4 Å². The summed E-state index contributed by atoms with van der Waals surface area (Å²) in [4.78, 5) is 8.37. The fourth-order valence-electron chi connectivity index (χ4n) is 1.03. The average molecular weight is 186 g/mol. The van der Waals surface area contributed by atoms with E-state index in [-0.39, 0.29) is 17.4 Å². The van der Waals surface area contributed by atoms with Gasteiger partial charge < -0.3 is 0 Å². The summed E-state index contributed by atoms with van der Waals surface area (Å²) in [5.74, 6) is 0. The monoisotopic (exact) mass is 186 g/mol. The zero-order valence-corrected chi connectivity index (χ0v) is 6.51. The number of hydrogen-bond acceptors (Lipinski definition) is 2. The Labute approximate surface area is 87.8 Å². The molecule has 0 aromatic carbocycles. The number of aromatic nitrogens is 2. The van der Waals surface area contributed by atoms with E-state index in [1.54, 1.807) is 12.4 Å². The van der Waals surface area contributed by atoms with Crippen LogP contribution in [-0.2, 0) is 0 Å². The highest BCUT2D eigenvalue weighted by molar-refractivity contribution is 5.75. The Balaban J connectivity index is 0.000000845. The first kappa shape index (κ1) is 9.92. The Kier molecular flexibility index (Phi) is 3.63. The van der Waals surface area contributed by atoms with Crippen LogP contribution in [0, 0.1) is 0 Å². The highest BCUT2D eigenvalue weighted by atomic mass is 27.0. The Hall–Kier alpha value is -1.17. The fraction of sp³-hybridized carbons (Fsp3) is 0. The molecule has 0 radical (unpaired) electrons. The second kappa shape index (κ2) is 4.76. The third kappa shape index (κ3) is 2.38. The van der Waals surface area contributed by atoms with E-state index in [4.69, 9.17) is 0 Å². The van der Waals surface area contributed by atoms with Crippen molar-refractivity contribution in [3.63, 3.8) is 0 Å². The van der Waals surface area contributed by atoms with E-state index >= 15 is 0 Å². The molecule has 0 spiro atoms. The first-order valence-electron chi connectivity index (χ1n) is 3.79. The Morgan fingerprint density at radius 1 is 0.692 bits per heavy atom. The fourth-order valence-corrected chi connectivity index (χ4v) is 1.03. The van der Waals surface area contributed by atoms with Gasteiger partial charge in [0, 0.05) is 12.4 Å². The van der Waals surface area contributed by atoms with Crippen molar-refractivity contribution in [2.45, 2.75) is 0 Å². The van der Waals surface area contributed by atoms with Crippen molar-refractivity contribution in [3.8, 4) is 11.4 Å². The number of hydrogen-bond donors (Lipinski definition) is 0. The van der Waals surface area contributed by atoms with Gasteiger partial charge >= 0.3 is 0 Å². The molecule has 0 saturated heterocycles. The lowest BCUT2D eigenvalue weighted by Gasteiger charge is -1.96. The van der Waals surface area contributed by atoms with E-state index in [0.29, 0.717) is 0 Å². The van der Waals surface area contributed by atoms with E-state index in [1.807, 2.05) is 36.4 Å². The van der Waals surface area contributed by atoms with Crippen LogP contribution in [0.4, 0.5) is 0 Å². The summed E-state index contributed by atoms with van der Waals surface area (Å²) in [6, 6.07) is 11.6. The molecule has 0 aliphatic rings. The topological polar surface area (TPSA) is 25.8 Å². The molecule has 3 heteroatoms. The van der Waals surface area contributed by atoms with Gasteiger partial charge in [-0.05, 0) is 24.3 Å². The molecule has 2 nitrogen and oxygen atoms in total. The molecule has 64 valence electrons. The largest absolute Gasteiger partial charge is 0.255 e. The predicted octanol–water partition coefficient (Wildman–Crippen LogP) is 0.960. The van der Waals surface area contributed by atoms with E-state index in [0.717, 1.165) is 11.4 Å². The first-order chi connectivity index (χ1) is 5.97. The van der Waals surface area contributed by atoms with Crippen LogP contribution in [-0.4, -0.2) is 27.3 Å². The second-order valence-corrected chi connectivity index (χ2v) is 2.43. The van der Waals surface area contributed by atoms with Gasteiger partial charge in [-0.25, -0.2) is 0 Å². The van der Waals surface area contributed by atoms with E-state index in [1.165, 1.54) is 0 Å². The molecule has 0 fully saturated rings. The molecule has 13 heavy (non-hydrogen) atoms. The zero-order chi connectivity index (χ0) is 8.23. The molecular weight excluding hydrogens is 175 g/mol. The molecule has 0 amide bonds. The van der Waals surface area contributed by atoms with Gasteiger partial charge in [0.1, 0.15) is 0 Å². The highest BCUT2D eigenvalue weighted by Crippen LogP contribution is 2.10. The molecule has 2 aromatic rings. The molecule has 0 unspecified atom stereocenters. The maximum absolute atomic E-state index is 4.19. The third-order valence-corrected chi connectivity index (χ3v) is 1.59. The van der Waals surface area contributed by atoms with Gasteiger partial charge in [0.05, 0.1) is 11.4 Å². The summed E-state index contributed by atoms with van der Waals surface area (Å²) in [7, 11) is 0. The van der Waals surface area contributed by atoms with Gasteiger partial charge in [-0.1, -0.05) is 12.1 Å². The van der Waals surface area contributed by atoms with Crippen molar-refractivity contribution in [2.75, 3.05) is 0 Å². The highest BCUT2D eigenvalue weighted by Gasteiger charge is 1.95. The van der Waals surface area contributed by atoms with Crippen LogP contribution in [0.2, 0.25) is 0 Å². The van der Waals surface area contributed by atoms with Crippen LogP contribution in [0.15, 0.2) is 48.8 Å². The van der Waals surface area contributed by atoms with Crippen molar-refractivity contribution >= 4 is 17.4 Å². The van der Waals surface area contributed by atoms with Gasteiger partial charge in [0.2, 0.25) is 0 Å². The summed E-state index contributed by atoms with van der Waals surface area (Å²) >= 11 is 0. The lowest BCUT2D eigenvalue weighted by molar-refractivity contribution is 1.25. The van der Waals surface area contributed by atoms with Crippen LogP contribution in [0.5, 0.6) is 0 Å². The number of rotatable bonds is 1. The van der Waals surface area contributed by atoms with Crippen LogP contribution >= 0.6 is 0 Å². The maximum atomic E-state index is 4.19. The lowest BCUT2D eigenvalue weighted by Crippen LogP contribution is -1.83. The van der Waals surface area contributed by atoms with Crippen molar-refractivity contribution in [1.82, 2.24) is 9.97 Å². The van der Waals surface area contributed by atoms with Crippen molar-refractivity contribution in [2.24, 2.45) is 0 Å². The van der Waals surface area contributed by atoms with Crippen molar-refractivity contribution in [1.29, 1.82) is 0 Å². The molecule has 0 atom stereocenters. The molecule has 0 N–H and O–H groups in total. The van der Waals surface area contributed by atoms with Gasteiger partial charge in [0.15, 0.2) is 17.4 Å². The molecular formula is C10H11AlN2. The van der Waals surface area contributed by atoms with Gasteiger partial charge in [0.25, 0.3) is 0 Å². The molecule has 0 saturated carbocycles. The minimum atomic E-state index is 0. The Morgan fingerprint density at radius 2 is 1.15 bits per heavy atom. The first-order valence-corrected chi connectivity index (χ1v) is 3.79. The van der Waals surface area contributed by atoms with E-state index in [2.05, 4.69) is 9.97 Å². The van der Waals surface area contributed by atoms with Crippen LogP contribution < -0.4 is 0 Å². The second-order valence-electron chi connectivity index (χ2n) is 2.43. The SMILES string of the molecule is [AlH3].c1ccc(-c2ccccn2)nc1. The maximum Gasteiger partial charge on any atom is 0.187 e. The summed E-state index contributed by atoms with van der Waals surface area (Å²) in [5.41, 5.74) is 1.83. The standard InChI is InChI=1S/C10H8N2.Al.3H/c1-3-7-11-9(5-1)10-6-2-4-8-12-10;;;;/h1-8H;;;;. The third-order valence-electron chi connectivity index (χ3n) is 1.59. The molecule has 2 rings (SSSR count). The van der Waals surface area contributed by atoms with Gasteiger partial charge in [-0.2, -0.15) is 0 Å². The van der Waals surface area contributed by atoms with Crippen LogP contribution in [0.1, 0.15) is 0 Å². The van der Waals surface area contributed by atoms with Gasteiger partial charge in [-0.15, -0.1) is 0 Å². The predicted molar refractivity (Wildman–Crippen MR) is 57.4 cm³/mol. The quantitative estimate of drug-likeness (QED) is 0.620. The minimum absolute atomic E-state index is 0. The number of nitrogens with zero attached hydrogens (tertiary/aromatic N) is 2. The summed E-state index contributed by atoms with van der Waals surface area (Å²) in [6.45, 7) is 0. The minimum Gasteiger partial charge on any atom is -0.255 e. The summed E-state index contributed by atoms with van der Waals surface area (Å²) in [5, 5.41) is 0. The zero-order valence-electron chi connectivity index (χ0n) is 6.51.